The van der Waals surface area contributed by atoms with Crippen molar-refractivity contribution in [3.8, 4) is 0 Å². The molecule has 0 atom stereocenters. The van der Waals surface area contributed by atoms with Crippen LogP contribution in [0.15, 0.2) is 0 Å². The lowest BCUT2D eigenvalue weighted by molar-refractivity contribution is 0.454. The summed E-state index contributed by atoms with van der Waals surface area (Å²) < 4.78 is 22.8. The summed E-state index contributed by atoms with van der Waals surface area (Å²) in [4.78, 5) is 0. The van der Waals surface area contributed by atoms with Gasteiger partial charge in [-0.1, -0.05) is 0 Å². The van der Waals surface area contributed by atoms with Crippen LogP contribution in [0.5, 0.6) is 0 Å². The van der Waals surface area contributed by atoms with E-state index in [1.807, 2.05) is 0 Å². The normalized spacial score (nSPS) is 8.75. The third-order valence-corrected chi connectivity index (χ3v) is 0. The molecule has 3 nitrogen and oxygen atoms in total. The summed E-state index contributed by atoms with van der Waals surface area (Å²) in [6.07, 6.45) is 0. The fraction of sp³-hybridized carbons (Fsp3) is 0. The van der Waals surface area contributed by atoms with Gasteiger partial charge in [0.05, 0.1) is 0 Å². The lowest BCUT2D eigenvalue weighted by Crippen LogP contribution is -1.74. The van der Waals surface area contributed by atoms with Crippen LogP contribution in [0.25, 0.3) is 0 Å². The van der Waals surface area contributed by atoms with Crippen molar-refractivity contribution in [3.63, 3.8) is 0 Å². The van der Waals surface area contributed by atoms with Gasteiger partial charge in [0, 0.05) is 1.43 Å². The first-order valence-electron chi connectivity index (χ1n) is 0.532. The monoisotopic (exact) mass is 83.0 g/mol. The standard InChI is InChI=1S/H2O3S.H/c1-4(2)3;/h(H2,1,2,3);. The zero-order valence-electron chi connectivity index (χ0n) is 2.71. The molecule has 1 radical (unpaired) electrons. The average Bonchev–Trinajstić information content (AvgIpc) is 0.811. The van der Waals surface area contributed by atoms with E-state index in [2.05, 4.69) is 0 Å². The summed E-state index contributed by atoms with van der Waals surface area (Å²) in [5, 5.41) is 0. The topological polar surface area (TPSA) is 57.5 Å². The molecule has 0 heterocycles. The van der Waals surface area contributed by atoms with E-state index in [9.17, 15) is 0 Å². The van der Waals surface area contributed by atoms with Gasteiger partial charge in [0.15, 0.2) is 0 Å². The molecule has 0 aromatic rings. The smallest absolute Gasteiger partial charge is 0.284 e. The van der Waals surface area contributed by atoms with E-state index in [-0.39, 0.29) is 1.43 Å². The minimum atomic E-state index is -2.61. The van der Waals surface area contributed by atoms with Crippen LogP contribution in [0.3, 0.4) is 0 Å². The van der Waals surface area contributed by atoms with E-state index in [1.165, 1.54) is 0 Å². The van der Waals surface area contributed by atoms with Gasteiger partial charge in [0.25, 0.3) is 11.4 Å². The van der Waals surface area contributed by atoms with Crippen LogP contribution in [-0.4, -0.2) is 13.3 Å². The zero-order chi connectivity index (χ0) is 3.58. The highest BCUT2D eigenvalue weighted by Crippen LogP contribution is 1.44. The highest BCUT2D eigenvalue weighted by atomic mass is 32.2. The fourth-order valence-corrected chi connectivity index (χ4v) is 0. The maximum absolute atomic E-state index is 8.67. The van der Waals surface area contributed by atoms with Crippen LogP contribution in [0, 0.1) is 0 Å². The molecule has 0 aliphatic rings. The second kappa shape index (κ2) is 1.40. The van der Waals surface area contributed by atoms with E-state index in [1.54, 1.807) is 0 Å². The second-order valence-electron chi connectivity index (χ2n) is 0.231. The van der Waals surface area contributed by atoms with Crippen molar-refractivity contribution in [1.82, 2.24) is 0 Å². The van der Waals surface area contributed by atoms with Crippen molar-refractivity contribution in [1.29, 1.82) is 0 Å². The summed E-state index contributed by atoms with van der Waals surface area (Å²) in [5.41, 5.74) is 0. The maximum atomic E-state index is 8.67. The molecule has 0 aliphatic carbocycles. The van der Waals surface area contributed by atoms with Gasteiger partial charge >= 0.3 is 0 Å². The maximum Gasteiger partial charge on any atom is 0.299 e. The Labute approximate surface area is 27.2 Å². The summed E-state index contributed by atoms with van der Waals surface area (Å²) in [5.74, 6) is 0. The molecule has 0 unspecified atom stereocenters. The Bertz CT molecular complexity index is 29.9. The predicted molar refractivity (Wildman–Crippen MR) is 14.5 cm³/mol. The minimum absolute atomic E-state index is 0. The first-order valence-corrected chi connectivity index (χ1v) is 1.60. The van der Waals surface area contributed by atoms with E-state index in [0.29, 0.717) is 0 Å². The molecule has 4 heavy (non-hydrogen) atoms. The van der Waals surface area contributed by atoms with Gasteiger partial charge < -0.3 is 0 Å². The lowest BCUT2D eigenvalue weighted by atomic mass is 15.8. The minimum Gasteiger partial charge on any atom is -0.284 e. The van der Waals surface area contributed by atoms with Crippen LogP contribution in [0.2, 0.25) is 0 Å². The summed E-state index contributed by atoms with van der Waals surface area (Å²) in [6.45, 7) is 0. The van der Waals surface area contributed by atoms with Crippen molar-refractivity contribution < 1.29 is 14.7 Å². The Kier molecular flexibility index (Phi) is 1.42. The van der Waals surface area contributed by atoms with E-state index >= 15 is 0 Å². The molecule has 0 fully saturated rings. The molecule has 0 bridgehead atoms. The van der Waals surface area contributed by atoms with E-state index < -0.39 is 11.4 Å². The Morgan fingerprint density at radius 2 is 1.75 bits per heavy atom. The van der Waals surface area contributed by atoms with Crippen LogP contribution in [0.4, 0.5) is 0 Å². The number of hydrogen-bond donors (Lipinski definition) is 2. The summed E-state index contributed by atoms with van der Waals surface area (Å²) in [6, 6.07) is 0. The molecule has 0 aromatic carbocycles. The van der Waals surface area contributed by atoms with Crippen LogP contribution in [0.1, 0.15) is 1.43 Å². The van der Waals surface area contributed by atoms with Gasteiger partial charge in [0.1, 0.15) is 0 Å². The van der Waals surface area contributed by atoms with Gasteiger partial charge in [0.2, 0.25) is 0 Å². The second-order valence-corrected chi connectivity index (χ2v) is 0.692. The summed E-state index contributed by atoms with van der Waals surface area (Å²) in [7, 11) is 0. The predicted octanol–water partition coefficient (Wildman–Crippen LogP) is -0.206. The molecule has 0 aromatic heterocycles. The highest BCUT2D eigenvalue weighted by Gasteiger charge is 1.62. The Morgan fingerprint density at radius 1 is 1.75 bits per heavy atom. The van der Waals surface area contributed by atoms with Gasteiger partial charge in [-0.15, -0.1) is 0 Å². The Balaban J connectivity index is 0. The van der Waals surface area contributed by atoms with Crippen LogP contribution >= 0.6 is 0 Å². The van der Waals surface area contributed by atoms with Crippen molar-refractivity contribution in [2.75, 3.05) is 0 Å². The largest absolute Gasteiger partial charge is 0.299 e. The molecule has 4 heteroatoms. The third-order valence-electron chi connectivity index (χ3n) is 0. The molecule has 0 rings (SSSR count). The number of hydrogen-bond acceptors (Lipinski definition) is 1. The molecule has 2 N–H and O–H groups in total. The first-order chi connectivity index (χ1) is 1.73. The fourth-order valence-electron chi connectivity index (χ4n) is 0. The molecule has 0 saturated carbocycles. The quantitative estimate of drug-likeness (QED) is 0.398. The molecular formula is H3O3S. The van der Waals surface area contributed by atoms with Gasteiger partial charge in [-0.25, -0.2) is 0 Å². The van der Waals surface area contributed by atoms with Gasteiger partial charge in [-0.05, 0) is 0 Å². The molecule has 0 amide bonds. The van der Waals surface area contributed by atoms with Gasteiger partial charge in [-0.3, -0.25) is 9.11 Å². The first kappa shape index (κ1) is 4.07. The SMILES string of the molecule is O=S(O)O.[H]. The molecule has 0 saturated heterocycles. The Hall–Kier alpha value is 0.0700. The zero-order valence-corrected chi connectivity index (χ0v) is 2.53. The van der Waals surface area contributed by atoms with Gasteiger partial charge in [-0.2, -0.15) is 4.21 Å². The third kappa shape index (κ3) is 484. The van der Waals surface area contributed by atoms with Crippen LogP contribution in [-0.2, 0) is 11.4 Å². The summed E-state index contributed by atoms with van der Waals surface area (Å²) >= 11 is -2.61. The van der Waals surface area contributed by atoms with Crippen molar-refractivity contribution in [2.24, 2.45) is 0 Å². The van der Waals surface area contributed by atoms with Crippen molar-refractivity contribution in [2.45, 2.75) is 0 Å². The molecular weight excluding hydrogens is 80.1 g/mol. The van der Waals surface area contributed by atoms with E-state index in [4.69, 9.17) is 13.3 Å². The number of rotatable bonds is 0. The lowest BCUT2D eigenvalue weighted by Gasteiger charge is -1.59. The van der Waals surface area contributed by atoms with Crippen molar-refractivity contribution >= 4 is 11.4 Å². The van der Waals surface area contributed by atoms with Crippen molar-refractivity contribution in [3.05, 3.63) is 0 Å². The Morgan fingerprint density at radius 3 is 1.75 bits per heavy atom. The van der Waals surface area contributed by atoms with Crippen LogP contribution < -0.4 is 0 Å². The average molecular weight is 83.1 g/mol. The molecule has 0 spiro atoms. The highest BCUT2D eigenvalue weighted by molar-refractivity contribution is 7.73. The molecule has 0 aliphatic heterocycles. The van der Waals surface area contributed by atoms with E-state index in [0.717, 1.165) is 0 Å². The molecule has 27 valence electrons.